The lowest BCUT2D eigenvalue weighted by Gasteiger charge is -2.47. The van der Waals surface area contributed by atoms with Crippen molar-refractivity contribution in [3.8, 4) is 0 Å². The summed E-state index contributed by atoms with van der Waals surface area (Å²) in [6, 6.07) is 0. The summed E-state index contributed by atoms with van der Waals surface area (Å²) < 4.78 is 11.6. The first kappa shape index (κ1) is 11.1. The molecule has 0 amide bonds. The van der Waals surface area contributed by atoms with Gasteiger partial charge in [0.05, 0.1) is 19.8 Å². The monoisotopic (exact) mass is 212 g/mol. The van der Waals surface area contributed by atoms with Crippen LogP contribution in [0.15, 0.2) is 11.1 Å². The molecule has 1 spiro atoms. The Morgan fingerprint density at radius 1 is 1.27 bits per heavy atom. The Balaban J connectivity index is 2.40. The average Bonchev–Trinajstić information content (AvgIpc) is 2.63. The summed E-state index contributed by atoms with van der Waals surface area (Å²) in [7, 11) is 0. The smallest absolute Gasteiger partial charge is 0.177 e. The molecule has 0 bridgehead atoms. The zero-order valence-corrected chi connectivity index (χ0v) is 9.80. The van der Waals surface area contributed by atoms with Gasteiger partial charge in [-0.05, 0) is 18.9 Å². The van der Waals surface area contributed by atoms with E-state index in [-0.39, 0.29) is 12.0 Å². The second kappa shape index (κ2) is 3.58. The van der Waals surface area contributed by atoms with E-state index in [9.17, 15) is 5.11 Å². The Morgan fingerprint density at radius 2 is 1.87 bits per heavy atom. The third-order valence-electron chi connectivity index (χ3n) is 3.96. The second-order valence-corrected chi connectivity index (χ2v) is 4.99. The highest BCUT2D eigenvalue weighted by molar-refractivity contribution is 5.27. The molecule has 1 saturated heterocycles. The van der Waals surface area contributed by atoms with Crippen LogP contribution < -0.4 is 0 Å². The van der Waals surface area contributed by atoms with Crippen LogP contribution in [0.4, 0.5) is 0 Å². The highest BCUT2D eigenvalue weighted by Gasteiger charge is 2.53. The summed E-state index contributed by atoms with van der Waals surface area (Å²) in [5.41, 5.74) is 2.14. The van der Waals surface area contributed by atoms with E-state index in [1.807, 2.05) is 0 Å². The van der Waals surface area contributed by atoms with E-state index >= 15 is 0 Å². The van der Waals surface area contributed by atoms with Crippen LogP contribution in [0.25, 0.3) is 0 Å². The fourth-order valence-electron chi connectivity index (χ4n) is 2.87. The zero-order chi connectivity index (χ0) is 11.1. The molecule has 0 aromatic heterocycles. The normalized spacial score (nSPS) is 28.8. The first-order valence-corrected chi connectivity index (χ1v) is 5.61. The van der Waals surface area contributed by atoms with Gasteiger partial charge in [0.25, 0.3) is 0 Å². The molecule has 86 valence electrons. The van der Waals surface area contributed by atoms with Crippen LogP contribution in [0.2, 0.25) is 0 Å². The number of hydrogen-bond donors (Lipinski definition) is 1. The Hall–Kier alpha value is -0.380. The van der Waals surface area contributed by atoms with Gasteiger partial charge in [-0.15, -0.1) is 0 Å². The molecule has 0 saturated carbocycles. The molecule has 3 nitrogen and oxygen atoms in total. The third-order valence-corrected chi connectivity index (χ3v) is 3.96. The fraction of sp³-hybridized carbons (Fsp3) is 0.833. The van der Waals surface area contributed by atoms with Crippen molar-refractivity contribution in [1.29, 1.82) is 0 Å². The Bertz CT molecular complexity index is 285. The lowest BCUT2D eigenvalue weighted by atomic mass is 9.68. The molecule has 3 heteroatoms. The predicted molar refractivity (Wildman–Crippen MR) is 57.4 cm³/mol. The molecule has 15 heavy (non-hydrogen) atoms. The van der Waals surface area contributed by atoms with Crippen molar-refractivity contribution in [1.82, 2.24) is 0 Å². The maximum Gasteiger partial charge on any atom is 0.177 e. The largest absolute Gasteiger partial charge is 0.392 e. The van der Waals surface area contributed by atoms with Crippen molar-refractivity contribution >= 4 is 0 Å². The second-order valence-electron chi connectivity index (χ2n) is 4.99. The summed E-state index contributed by atoms with van der Waals surface area (Å²) in [5, 5.41) is 9.47. The van der Waals surface area contributed by atoms with E-state index < -0.39 is 5.79 Å². The van der Waals surface area contributed by atoms with E-state index in [0.717, 1.165) is 18.4 Å². The van der Waals surface area contributed by atoms with Crippen LogP contribution in [0, 0.1) is 5.41 Å². The molecule has 0 radical (unpaired) electrons. The van der Waals surface area contributed by atoms with Gasteiger partial charge < -0.3 is 14.6 Å². The SMILES string of the molecule is CC1=C(CO)C(C)(C)C2(CC1)OCCO2. The molecule has 0 aromatic rings. The van der Waals surface area contributed by atoms with Gasteiger partial charge >= 0.3 is 0 Å². The molecule has 1 heterocycles. The summed E-state index contributed by atoms with van der Waals surface area (Å²) in [6.07, 6.45) is 1.86. The van der Waals surface area contributed by atoms with Crippen molar-refractivity contribution in [2.75, 3.05) is 19.8 Å². The fourth-order valence-corrected chi connectivity index (χ4v) is 2.87. The maximum absolute atomic E-state index is 9.47. The van der Waals surface area contributed by atoms with Crippen LogP contribution >= 0.6 is 0 Å². The number of ether oxygens (including phenoxy) is 2. The minimum atomic E-state index is -0.495. The number of rotatable bonds is 1. The molecule has 1 aliphatic heterocycles. The quantitative estimate of drug-likeness (QED) is 0.674. The molecule has 0 atom stereocenters. The Kier molecular flexibility index (Phi) is 2.65. The van der Waals surface area contributed by atoms with Gasteiger partial charge in [-0.3, -0.25) is 0 Å². The number of aliphatic hydroxyl groups excluding tert-OH is 1. The van der Waals surface area contributed by atoms with Gasteiger partial charge in [0, 0.05) is 11.8 Å². The lowest BCUT2D eigenvalue weighted by Crippen LogP contribution is -2.50. The van der Waals surface area contributed by atoms with E-state index in [2.05, 4.69) is 20.8 Å². The van der Waals surface area contributed by atoms with Crippen molar-refractivity contribution in [2.24, 2.45) is 5.41 Å². The maximum atomic E-state index is 9.47. The van der Waals surface area contributed by atoms with E-state index in [0.29, 0.717) is 13.2 Å². The summed E-state index contributed by atoms with van der Waals surface area (Å²) >= 11 is 0. The lowest BCUT2D eigenvalue weighted by molar-refractivity contribution is -0.225. The van der Waals surface area contributed by atoms with Gasteiger partial charge in [-0.1, -0.05) is 19.4 Å². The predicted octanol–water partition coefficient (Wildman–Crippen LogP) is 1.86. The van der Waals surface area contributed by atoms with Crippen LogP contribution in [-0.2, 0) is 9.47 Å². The zero-order valence-electron chi connectivity index (χ0n) is 9.80. The molecule has 2 rings (SSSR count). The van der Waals surface area contributed by atoms with Crippen LogP contribution in [0.1, 0.15) is 33.6 Å². The first-order valence-electron chi connectivity index (χ1n) is 5.61. The molecule has 2 aliphatic rings. The summed E-state index contributed by atoms with van der Waals surface area (Å²) in [6.45, 7) is 7.74. The van der Waals surface area contributed by atoms with Crippen LogP contribution in [0.3, 0.4) is 0 Å². The van der Waals surface area contributed by atoms with E-state index in [1.54, 1.807) is 0 Å². The Labute approximate surface area is 91.1 Å². The standard InChI is InChI=1S/C12H20O3/c1-9-4-5-12(14-6-7-15-12)11(2,3)10(9)8-13/h13H,4-8H2,1-3H3. The molecule has 0 aromatic carbocycles. The number of hydrogen-bond acceptors (Lipinski definition) is 3. The van der Waals surface area contributed by atoms with Crippen LogP contribution in [-0.4, -0.2) is 30.7 Å². The minimum absolute atomic E-state index is 0.104. The van der Waals surface area contributed by atoms with Crippen molar-refractivity contribution in [3.05, 3.63) is 11.1 Å². The first-order chi connectivity index (χ1) is 7.03. The molecule has 1 N–H and O–H groups in total. The number of allylic oxidation sites excluding steroid dienone is 1. The highest BCUT2D eigenvalue weighted by atomic mass is 16.7. The van der Waals surface area contributed by atoms with E-state index in [4.69, 9.17) is 9.47 Å². The average molecular weight is 212 g/mol. The Morgan fingerprint density at radius 3 is 2.40 bits per heavy atom. The molecule has 0 unspecified atom stereocenters. The minimum Gasteiger partial charge on any atom is -0.392 e. The van der Waals surface area contributed by atoms with E-state index in [1.165, 1.54) is 5.57 Å². The van der Waals surface area contributed by atoms with Crippen molar-refractivity contribution in [3.63, 3.8) is 0 Å². The van der Waals surface area contributed by atoms with Crippen molar-refractivity contribution < 1.29 is 14.6 Å². The molecule has 1 aliphatic carbocycles. The van der Waals surface area contributed by atoms with Crippen molar-refractivity contribution in [2.45, 2.75) is 39.4 Å². The highest BCUT2D eigenvalue weighted by Crippen LogP contribution is 2.51. The molecular weight excluding hydrogens is 192 g/mol. The number of aliphatic hydroxyl groups is 1. The molecule has 1 fully saturated rings. The van der Waals surface area contributed by atoms with Gasteiger partial charge in [0.15, 0.2) is 5.79 Å². The van der Waals surface area contributed by atoms with Gasteiger partial charge in [-0.25, -0.2) is 0 Å². The topological polar surface area (TPSA) is 38.7 Å². The third kappa shape index (κ3) is 1.45. The summed E-state index contributed by atoms with van der Waals surface area (Å²) in [5.74, 6) is -0.495. The van der Waals surface area contributed by atoms with Gasteiger partial charge in [0.1, 0.15) is 0 Å². The molecular formula is C12H20O3. The van der Waals surface area contributed by atoms with Gasteiger partial charge in [0.2, 0.25) is 0 Å². The van der Waals surface area contributed by atoms with Crippen LogP contribution in [0.5, 0.6) is 0 Å². The summed E-state index contributed by atoms with van der Waals surface area (Å²) in [4.78, 5) is 0. The van der Waals surface area contributed by atoms with Gasteiger partial charge in [-0.2, -0.15) is 0 Å².